The number of hydrogen-bond donors (Lipinski definition) is 2. The number of benzene rings is 6. The highest BCUT2D eigenvalue weighted by Crippen LogP contribution is 2.52. The van der Waals surface area contributed by atoms with Crippen LogP contribution in [0, 0.1) is 22.7 Å². The van der Waals surface area contributed by atoms with E-state index in [2.05, 4.69) is 60.0 Å². The lowest BCUT2D eigenvalue weighted by Crippen LogP contribution is -2.17. The lowest BCUT2D eigenvalue weighted by atomic mass is 9.82. The zero-order valence-corrected chi connectivity index (χ0v) is 30.0. The van der Waals surface area contributed by atoms with Crippen molar-refractivity contribution >= 4 is 58.2 Å². The SMILES string of the molecule is CC1(C)c2cc(N(c3ccccc3)c3ccc(/C=C(\C#N)C(=O)O)cc3)ccc2-c2ccc(N(c3ccccc3)c3ccc(/C=C(\C#N)C(=O)O)cc3)cc21. The van der Waals surface area contributed by atoms with Gasteiger partial charge in [-0.1, -0.05) is 86.6 Å². The van der Waals surface area contributed by atoms with Gasteiger partial charge in [-0.2, -0.15) is 10.5 Å². The summed E-state index contributed by atoms with van der Waals surface area (Å²) in [5.41, 5.74) is 10.4. The Morgan fingerprint density at radius 3 is 1.16 bits per heavy atom. The van der Waals surface area contributed by atoms with Gasteiger partial charge in [0.15, 0.2) is 0 Å². The molecule has 55 heavy (non-hydrogen) atoms. The lowest BCUT2D eigenvalue weighted by molar-refractivity contribution is -0.133. The Morgan fingerprint density at radius 2 is 0.836 bits per heavy atom. The zero-order chi connectivity index (χ0) is 38.7. The van der Waals surface area contributed by atoms with E-state index in [4.69, 9.17) is 0 Å². The average molecular weight is 719 g/mol. The molecule has 0 heterocycles. The predicted octanol–water partition coefficient (Wildman–Crippen LogP) is 10.9. The Morgan fingerprint density at radius 1 is 0.509 bits per heavy atom. The standard InChI is InChI=1S/C47H34N4O4/c1-47(2)43-27-39(50(35-9-5-3-6-10-35)37-17-13-31(14-18-37)25-33(29-48)45(52)53)21-23-41(43)42-24-22-40(28-44(42)47)51(36-11-7-4-8-12-36)38-19-15-32(16-20-38)26-34(30-49)46(54)55/h3-28H,1-2H3,(H,52,53)(H,54,55)/b33-25+,34-26+. The molecule has 0 saturated carbocycles. The first-order chi connectivity index (χ1) is 26.6. The highest BCUT2D eigenvalue weighted by atomic mass is 16.4. The van der Waals surface area contributed by atoms with Crippen LogP contribution in [0.25, 0.3) is 23.3 Å². The number of carboxylic acid groups (broad SMARTS) is 2. The fourth-order valence-electron chi connectivity index (χ4n) is 7.10. The topological polar surface area (TPSA) is 129 Å². The number of carbonyl (C=O) groups is 2. The van der Waals surface area contributed by atoms with Crippen LogP contribution in [0.2, 0.25) is 0 Å². The first kappa shape index (κ1) is 35.7. The lowest BCUT2D eigenvalue weighted by Gasteiger charge is -2.29. The van der Waals surface area contributed by atoms with Crippen LogP contribution in [0.5, 0.6) is 0 Å². The fourth-order valence-corrected chi connectivity index (χ4v) is 7.10. The highest BCUT2D eigenvalue weighted by molar-refractivity contribution is 5.97. The van der Waals surface area contributed by atoms with Crippen molar-refractivity contribution in [3.63, 3.8) is 0 Å². The van der Waals surface area contributed by atoms with Gasteiger partial charge in [-0.3, -0.25) is 0 Å². The smallest absolute Gasteiger partial charge is 0.346 e. The van der Waals surface area contributed by atoms with Gasteiger partial charge in [0.25, 0.3) is 0 Å². The molecule has 0 fully saturated rings. The summed E-state index contributed by atoms with van der Waals surface area (Å²) in [4.78, 5) is 27.2. The van der Waals surface area contributed by atoms with Crippen molar-refractivity contribution in [2.45, 2.75) is 19.3 Å². The molecule has 7 rings (SSSR count). The van der Waals surface area contributed by atoms with E-state index in [0.29, 0.717) is 11.1 Å². The molecule has 1 aliphatic rings. The van der Waals surface area contributed by atoms with E-state index in [1.807, 2.05) is 109 Å². The molecular weight excluding hydrogens is 685 g/mol. The van der Waals surface area contributed by atoms with E-state index in [-0.39, 0.29) is 16.6 Å². The van der Waals surface area contributed by atoms with Crippen LogP contribution in [-0.2, 0) is 15.0 Å². The summed E-state index contributed by atoms with van der Waals surface area (Å²) >= 11 is 0. The number of rotatable bonds is 10. The van der Waals surface area contributed by atoms with E-state index in [0.717, 1.165) is 45.3 Å². The third kappa shape index (κ3) is 6.96. The van der Waals surface area contributed by atoms with Crippen LogP contribution in [0.4, 0.5) is 34.1 Å². The molecule has 0 atom stereocenters. The molecular formula is C47H34N4O4. The number of carboxylic acids is 2. The van der Waals surface area contributed by atoms with Gasteiger partial charge in [0.1, 0.15) is 23.3 Å². The zero-order valence-electron chi connectivity index (χ0n) is 30.0. The molecule has 0 saturated heterocycles. The summed E-state index contributed by atoms with van der Waals surface area (Å²) in [6, 6.07) is 51.5. The average Bonchev–Trinajstić information content (AvgIpc) is 3.42. The normalized spacial score (nSPS) is 12.8. The van der Waals surface area contributed by atoms with Crippen molar-refractivity contribution in [3.05, 3.63) is 179 Å². The number of fused-ring (bicyclic) bond motifs is 3. The van der Waals surface area contributed by atoms with E-state index in [1.165, 1.54) is 23.3 Å². The number of hydrogen-bond acceptors (Lipinski definition) is 6. The maximum Gasteiger partial charge on any atom is 0.346 e. The summed E-state index contributed by atoms with van der Waals surface area (Å²) in [5, 5.41) is 37.2. The second-order valence-corrected chi connectivity index (χ2v) is 13.6. The molecule has 0 aliphatic heterocycles. The van der Waals surface area contributed by atoms with Crippen molar-refractivity contribution in [2.75, 3.05) is 9.80 Å². The van der Waals surface area contributed by atoms with Gasteiger partial charge in [-0.05, 0) is 118 Å². The Bertz CT molecular complexity index is 2400. The third-order valence-electron chi connectivity index (χ3n) is 9.81. The van der Waals surface area contributed by atoms with Crippen LogP contribution in [0.15, 0.2) is 157 Å². The monoisotopic (exact) mass is 718 g/mol. The van der Waals surface area contributed by atoms with Crippen LogP contribution < -0.4 is 9.80 Å². The second kappa shape index (κ2) is 14.7. The Balaban J connectivity index is 1.28. The van der Waals surface area contributed by atoms with Crippen LogP contribution >= 0.6 is 0 Å². The first-order valence-electron chi connectivity index (χ1n) is 17.5. The third-order valence-corrected chi connectivity index (χ3v) is 9.81. The number of para-hydroxylation sites is 2. The van der Waals surface area contributed by atoms with Gasteiger partial charge >= 0.3 is 11.9 Å². The highest BCUT2D eigenvalue weighted by Gasteiger charge is 2.37. The van der Waals surface area contributed by atoms with Gasteiger partial charge in [0, 0.05) is 39.5 Å². The molecule has 1 aliphatic carbocycles. The Kier molecular flexibility index (Phi) is 9.58. The minimum absolute atomic E-state index is 0.332. The first-order valence-corrected chi connectivity index (χ1v) is 17.5. The van der Waals surface area contributed by atoms with Gasteiger partial charge in [0.05, 0.1) is 0 Å². The summed E-state index contributed by atoms with van der Waals surface area (Å²) in [6.07, 6.45) is 2.73. The van der Waals surface area contributed by atoms with Gasteiger partial charge in [0.2, 0.25) is 0 Å². The summed E-state index contributed by atoms with van der Waals surface area (Å²) in [7, 11) is 0. The second-order valence-electron chi connectivity index (χ2n) is 13.6. The molecule has 0 aromatic heterocycles. The molecule has 0 spiro atoms. The van der Waals surface area contributed by atoms with Crippen molar-refractivity contribution in [1.29, 1.82) is 10.5 Å². The number of nitrogens with zero attached hydrogens (tertiary/aromatic N) is 4. The van der Waals surface area contributed by atoms with Crippen molar-refractivity contribution in [3.8, 4) is 23.3 Å². The fraction of sp³-hybridized carbons (Fsp3) is 0.0638. The van der Waals surface area contributed by atoms with Crippen LogP contribution in [0.3, 0.4) is 0 Å². The molecule has 266 valence electrons. The molecule has 0 unspecified atom stereocenters. The Labute approximate surface area is 319 Å². The van der Waals surface area contributed by atoms with Gasteiger partial charge in [-0.15, -0.1) is 0 Å². The van der Waals surface area contributed by atoms with Crippen molar-refractivity contribution in [1.82, 2.24) is 0 Å². The van der Waals surface area contributed by atoms with Gasteiger partial charge < -0.3 is 20.0 Å². The van der Waals surface area contributed by atoms with Crippen LogP contribution in [0.1, 0.15) is 36.1 Å². The van der Waals surface area contributed by atoms with E-state index in [1.54, 1.807) is 12.1 Å². The maximum absolute atomic E-state index is 11.4. The minimum Gasteiger partial charge on any atom is -0.477 e. The molecule has 8 heteroatoms. The van der Waals surface area contributed by atoms with E-state index in [9.17, 15) is 30.3 Å². The van der Waals surface area contributed by atoms with Crippen molar-refractivity contribution in [2.24, 2.45) is 0 Å². The summed E-state index contributed by atoms with van der Waals surface area (Å²) in [5.74, 6) is -2.53. The molecule has 0 bridgehead atoms. The minimum atomic E-state index is -1.27. The molecule has 8 nitrogen and oxygen atoms in total. The molecule has 6 aromatic rings. The van der Waals surface area contributed by atoms with E-state index >= 15 is 0 Å². The largest absolute Gasteiger partial charge is 0.477 e. The molecule has 0 radical (unpaired) electrons. The molecule has 6 aromatic carbocycles. The predicted molar refractivity (Wildman–Crippen MR) is 216 cm³/mol. The number of aliphatic carboxylic acids is 2. The summed E-state index contributed by atoms with van der Waals surface area (Å²) < 4.78 is 0. The van der Waals surface area contributed by atoms with Gasteiger partial charge in [-0.25, -0.2) is 9.59 Å². The van der Waals surface area contributed by atoms with Crippen LogP contribution in [-0.4, -0.2) is 22.2 Å². The maximum atomic E-state index is 11.4. The number of anilines is 6. The molecule has 0 amide bonds. The number of nitriles is 2. The quantitative estimate of drug-likeness (QED) is 0.106. The van der Waals surface area contributed by atoms with E-state index < -0.39 is 11.9 Å². The van der Waals surface area contributed by atoms with Crippen molar-refractivity contribution < 1.29 is 19.8 Å². The Hall–Kier alpha value is -7.68. The summed E-state index contributed by atoms with van der Waals surface area (Å²) in [6.45, 7) is 4.47. The molecule has 2 N–H and O–H groups in total.